The highest BCUT2D eigenvalue weighted by atomic mass is 32.1. The van der Waals surface area contributed by atoms with Gasteiger partial charge in [-0.3, -0.25) is 0 Å². The molecule has 1 aromatic carbocycles. The van der Waals surface area contributed by atoms with Gasteiger partial charge in [-0.1, -0.05) is 26.8 Å². The predicted molar refractivity (Wildman–Crippen MR) is 68.4 cm³/mol. The van der Waals surface area contributed by atoms with Crippen LogP contribution in [0.15, 0.2) is 23.6 Å². The minimum absolute atomic E-state index is 0.214. The lowest BCUT2D eigenvalue weighted by atomic mass is 9.86. The van der Waals surface area contributed by atoms with Crippen molar-refractivity contribution in [3.63, 3.8) is 0 Å². The maximum absolute atomic E-state index is 5.67. The van der Waals surface area contributed by atoms with Crippen LogP contribution >= 0.6 is 11.3 Å². The average Bonchev–Trinajstić information content (AvgIpc) is 2.59. The van der Waals surface area contributed by atoms with Crippen LogP contribution < -0.4 is 5.73 Å². The van der Waals surface area contributed by atoms with Crippen LogP contribution in [0.25, 0.3) is 10.1 Å². The Hall–Kier alpha value is -0.860. The van der Waals surface area contributed by atoms with Crippen LogP contribution in [0.5, 0.6) is 0 Å². The summed E-state index contributed by atoms with van der Waals surface area (Å²) in [5.74, 6) is 0. The molecule has 0 aliphatic heterocycles. The molecule has 2 heteroatoms. The smallest absolute Gasteiger partial charge is 0.0345 e. The molecule has 2 N–H and O–H groups in total. The first-order valence-corrected chi connectivity index (χ1v) is 6.11. The highest BCUT2D eigenvalue weighted by molar-refractivity contribution is 7.17. The van der Waals surface area contributed by atoms with Crippen molar-refractivity contribution in [2.75, 3.05) is 0 Å². The zero-order valence-corrected chi connectivity index (χ0v) is 10.3. The quantitative estimate of drug-likeness (QED) is 0.778. The predicted octanol–water partition coefficient (Wildman–Crippen LogP) is 3.66. The standard InChI is InChI=1S/C13H17NS/c1-13(2,3)11-8-15-12-5-4-9(7-14)6-10(11)12/h4-6,8H,7,14H2,1-3H3. The lowest BCUT2D eigenvalue weighted by Crippen LogP contribution is -2.10. The lowest BCUT2D eigenvalue weighted by molar-refractivity contribution is 0.598. The first kappa shape index (κ1) is 10.7. The fraction of sp³-hybridized carbons (Fsp3) is 0.385. The van der Waals surface area contributed by atoms with Crippen LogP contribution in [0, 0.1) is 0 Å². The number of rotatable bonds is 1. The molecular formula is C13H17NS. The number of nitrogens with two attached hydrogens (primary N) is 1. The topological polar surface area (TPSA) is 26.0 Å². The number of fused-ring (bicyclic) bond motifs is 1. The van der Waals surface area contributed by atoms with E-state index in [2.05, 4.69) is 44.4 Å². The molecule has 0 saturated heterocycles. The number of thiophene rings is 1. The number of benzene rings is 1. The van der Waals surface area contributed by atoms with Gasteiger partial charge in [0.05, 0.1) is 0 Å². The molecule has 2 rings (SSSR count). The molecule has 0 spiro atoms. The van der Waals surface area contributed by atoms with Crippen LogP contribution in [0.4, 0.5) is 0 Å². The second kappa shape index (κ2) is 3.62. The van der Waals surface area contributed by atoms with Gasteiger partial charge in [0.15, 0.2) is 0 Å². The highest BCUT2D eigenvalue weighted by Gasteiger charge is 2.18. The Morgan fingerprint density at radius 2 is 2.00 bits per heavy atom. The molecule has 0 bridgehead atoms. The molecule has 0 unspecified atom stereocenters. The molecule has 1 nitrogen and oxygen atoms in total. The summed E-state index contributed by atoms with van der Waals surface area (Å²) < 4.78 is 1.36. The van der Waals surface area contributed by atoms with Crippen LogP contribution in [0.1, 0.15) is 31.9 Å². The van der Waals surface area contributed by atoms with Crippen LogP contribution in [0.2, 0.25) is 0 Å². The fourth-order valence-electron chi connectivity index (χ4n) is 1.78. The number of hydrogen-bond acceptors (Lipinski definition) is 2. The molecule has 15 heavy (non-hydrogen) atoms. The third-order valence-corrected chi connectivity index (χ3v) is 3.65. The van der Waals surface area contributed by atoms with Gasteiger partial charge in [-0.15, -0.1) is 11.3 Å². The molecule has 0 radical (unpaired) electrons. The summed E-state index contributed by atoms with van der Waals surface area (Å²) in [7, 11) is 0. The van der Waals surface area contributed by atoms with Crippen LogP contribution in [-0.2, 0) is 12.0 Å². The molecule has 0 saturated carbocycles. The summed E-state index contributed by atoms with van der Waals surface area (Å²) in [5, 5.41) is 3.64. The van der Waals surface area contributed by atoms with E-state index < -0.39 is 0 Å². The normalized spacial score (nSPS) is 12.3. The van der Waals surface area contributed by atoms with Crippen molar-refractivity contribution in [1.82, 2.24) is 0 Å². The van der Waals surface area contributed by atoms with Crippen molar-refractivity contribution in [1.29, 1.82) is 0 Å². The molecule has 1 aromatic heterocycles. The van der Waals surface area contributed by atoms with E-state index >= 15 is 0 Å². The Bertz CT molecular complexity index is 477. The Labute approximate surface area is 94.9 Å². The maximum Gasteiger partial charge on any atom is 0.0345 e. The van der Waals surface area contributed by atoms with Gasteiger partial charge < -0.3 is 5.73 Å². The van der Waals surface area contributed by atoms with E-state index in [0.717, 1.165) is 0 Å². The summed E-state index contributed by atoms with van der Waals surface area (Å²) in [5.41, 5.74) is 8.53. The molecule has 0 aliphatic carbocycles. The Kier molecular flexibility index (Phi) is 2.57. The molecule has 80 valence electrons. The van der Waals surface area contributed by atoms with Gasteiger partial charge in [0.25, 0.3) is 0 Å². The molecule has 0 fully saturated rings. The van der Waals surface area contributed by atoms with E-state index in [1.54, 1.807) is 0 Å². The van der Waals surface area contributed by atoms with Gasteiger partial charge in [0.2, 0.25) is 0 Å². The number of hydrogen-bond donors (Lipinski definition) is 1. The Morgan fingerprint density at radius 1 is 1.27 bits per heavy atom. The van der Waals surface area contributed by atoms with E-state index in [-0.39, 0.29) is 5.41 Å². The van der Waals surface area contributed by atoms with Gasteiger partial charge in [0.1, 0.15) is 0 Å². The lowest BCUT2D eigenvalue weighted by Gasteiger charge is -2.17. The van der Waals surface area contributed by atoms with Crippen molar-refractivity contribution in [2.45, 2.75) is 32.7 Å². The summed E-state index contributed by atoms with van der Waals surface area (Å²) in [6.07, 6.45) is 0. The summed E-state index contributed by atoms with van der Waals surface area (Å²) in [4.78, 5) is 0. The van der Waals surface area contributed by atoms with Gasteiger partial charge in [-0.25, -0.2) is 0 Å². The summed E-state index contributed by atoms with van der Waals surface area (Å²) in [6.45, 7) is 7.38. The van der Waals surface area contributed by atoms with Gasteiger partial charge in [-0.2, -0.15) is 0 Å². The van der Waals surface area contributed by atoms with Crippen molar-refractivity contribution in [3.8, 4) is 0 Å². The summed E-state index contributed by atoms with van der Waals surface area (Å²) >= 11 is 1.82. The maximum atomic E-state index is 5.67. The van der Waals surface area contributed by atoms with Crippen molar-refractivity contribution < 1.29 is 0 Å². The van der Waals surface area contributed by atoms with E-state index in [1.807, 2.05) is 11.3 Å². The first-order chi connectivity index (χ1) is 7.02. The minimum atomic E-state index is 0.214. The monoisotopic (exact) mass is 219 g/mol. The first-order valence-electron chi connectivity index (χ1n) is 5.23. The minimum Gasteiger partial charge on any atom is -0.326 e. The van der Waals surface area contributed by atoms with Crippen molar-refractivity contribution in [2.24, 2.45) is 5.73 Å². The van der Waals surface area contributed by atoms with E-state index in [1.165, 1.54) is 21.2 Å². The van der Waals surface area contributed by atoms with Gasteiger partial charge in [-0.05, 0) is 39.4 Å². The van der Waals surface area contributed by atoms with Crippen LogP contribution in [0.3, 0.4) is 0 Å². The third-order valence-electron chi connectivity index (χ3n) is 2.68. The highest BCUT2D eigenvalue weighted by Crippen LogP contribution is 2.34. The second-order valence-corrected chi connectivity index (χ2v) is 5.85. The van der Waals surface area contributed by atoms with Gasteiger partial charge >= 0.3 is 0 Å². The van der Waals surface area contributed by atoms with Crippen molar-refractivity contribution >= 4 is 21.4 Å². The Balaban J connectivity index is 2.67. The zero-order chi connectivity index (χ0) is 11.1. The van der Waals surface area contributed by atoms with E-state index in [9.17, 15) is 0 Å². The van der Waals surface area contributed by atoms with Gasteiger partial charge in [0, 0.05) is 11.2 Å². The SMILES string of the molecule is CC(C)(C)c1csc2ccc(CN)cc12. The fourth-order valence-corrected chi connectivity index (χ4v) is 2.95. The third kappa shape index (κ3) is 1.92. The molecule has 1 heterocycles. The van der Waals surface area contributed by atoms with Crippen LogP contribution in [-0.4, -0.2) is 0 Å². The zero-order valence-electron chi connectivity index (χ0n) is 9.50. The van der Waals surface area contributed by atoms with Crippen molar-refractivity contribution in [3.05, 3.63) is 34.7 Å². The second-order valence-electron chi connectivity index (χ2n) is 4.93. The summed E-state index contributed by atoms with van der Waals surface area (Å²) in [6, 6.07) is 6.52. The Morgan fingerprint density at radius 3 is 2.60 bits per heavy atom. The average molecular weight is 219 g/mol. The van der Waals surface area contributed by atoms with E-state index in [0.29, 0.717) is 6.54 Å². The molecule has 2 aromatic rings. The molecular weight excluding hydrogens is 202 g/mol. The molecule has 0 atom stereocenters. The largest absolute Gasteiger partial charge is 0.326 e. The molecule has 0 amide bonds. The molecule has 0 aliphatic rings. The van der Waals surface area contributed by atoms with E-state index in [4.69, 9.17) is 5.73 Å².